The third-order valence-electron chi connectivity index (χ3n) is 2.31. The lowest BCUT2D eigenvalue weighted by Crippen LogP contribution is -2.27. The maximum atomic E-state index is 7.21. The van der Waals surface area contributed by atoms with Crippen molar-refractivity contribution in [3.63, 3.8) is 0 Å². The van der Waals surface area contributed by atoms with Gasteiger partial charge in [-0.15, -0.1) is 0 Å². The minimum absolute atomic E-state index is 0.241. The predicted molar refractivity (Wildman–Crippen MR) is 69.4 cm³/mol. The highest BCUT2D eigenvalue weighted by atomic mass is 79.9. The van der Waals surface area contributed by atoms with Crippen LogP contribution in [0.25, 0.3) is 0 Å². The number of aromatic nitrogens is 1. The SMILES string of the molecule is CCN(CCC(=N)N)Cc1cncc(Br)c1. The highest BCUT2D eigenvalue weighted by Crippen LogP contribution is 2.11. The Hall–Kier alpha value is -0.940. The van der Waals surface area contributed by atoms with E-state index in [0.29, 0.717) is 6.42 Å². The van der Waals surface area contributed by atoms with Crippen molar-refractivity contribution >= 4 is 21.8 Å². The molecule has 1 rings (SSSR count). The van der Waals surface area contributed by atoms with Crippen molar-refractivity contribution in [3.05, 3.63) is 28.5 Å². The van der Waals surface area contributed by atoms with E-state index in [1.165, 1.54) is 5.56 Å². The lowest BCUT2D eigenvalue weighted by molar-refractivity contribution is 0.288. The summed E-state index contributed by atoms with van der Waals surface area (Å²) in [7, 11) is 0. The molecule has 0 radical (unpaired) electrons. The van der Waals surface area contributed by atoms with Crippen LogP contribution < -0.4 is 5.73 Å². The Balaban J connectivity index is 2.52. The van der Waals surface area contributed by atoms with Crippen molar-refractivity contribution in [2.24, 2.45) is 5.73 Å². The van der Waals surface area contributed by atoms with E-state index in [9.17, 15) is 0 Å². The van der Waals surface area contributed by atoms with E-state index in [0.717, 1.165) is 24.1 Å². The van der Waals surface area contributed by atoms with Gasteiger partial charge in [-0.3, -0.25) is 15.3 Å². The van der Waals surface area contributed by atoms with Gasteiger partial charge in [0.2, 0.25) is 0 Å². The number of nitrogens with two attached hydrogens (primary N) is 1. The zero-order valence-electron chi connectivity index (χ0n) is 9.41. The normalized spacial score (nSPS) is 10.7. The number of hydrogen-bond acceptors (Lipinski definition) is 3. The largest absolute Gasteiger partial charge is 0.388 e. The third-order valence-corrected chi connectivity index (χ3v) is 2.75. The van der Waals surface area contributed by atoms with Crippen LogP contribution in [-0.2, 0) is 6.54 Å². The van der Waals surface area contributed by atoms with E-state index in [-0.39, 0.29) is 5.84 Å². The molecule has 1 heterocycles. The Morgan fingerprint density at radius 2 is 2.31 bits per heavy atom. The van der Waals surface area contributed by atoms with E-state index in [2.05, 4.69) is 38.8 Å². The standard InChI is InChI=1S/C11H17BrN4/c1-2-16(4-3-11(13)14)8-9-5-10(12)7-15-6-9/h5-7H,2-4,8H2,1H3,(H3,13,14). The van der Waals surface area contributed by atoms with Crippen LogP contribution in [0.1, 0.15) is 18.9 Å². The average Bonchev–Trinajstić information content (AvgIpc) is 2.24. The van der Waals surface area contributed by atoms with Crippen LogP contribution in [0.15, 0.2) is 22.9 Å². The van der Waals surface area contributed by atoms with Crippen molar-refractivity contribution in [2.45, 2.75) is 19.9 Å². The van der Waals surface area contributed by atoms with Crippen LogP contribution in [0, 0.1) is 5.41 Å². The highest BCUT2D eigenvalue weighted by Gasteiger charge is 2.04. The topological polar surface area (TPSA) is 66.0 Å². The van der Waals surface area contributed by atoms with Gasteiger partial charge in [0.05, 0.1) is 5.84 Å². The van der Waals surface area contributed by atoms with Crippen LogP contribution in [0.2, 0.25) is 0 Å². The Bertz CT molecular complexity index is 354. The molecule has 0 unspecified atom stereocenters. The first-order chi connectivity index (χ1) is 7.61. The molecule has 0 bridgehead atoms. The fraction of sp³-hybridized carbons (Fsp3) is 0.455. The van der Waals surface area contributed by atoms with Gasteiger partial charge < -0.3 is 5.73 Å². The Kier molecular flexibility index (Phi) is 5.42. The molecule has 1 aromatic rings. The summed E-state index contributed by atoms with van der Waals surface area (Å²) in [6.45, 7) is 4.71. The molecule has 0 aromatic carbocycles. The van der Waals surface area contributed by atoms with Crippen LogP contribution in [-0.4, -0.2) is 28.8 Å². The summed E-state index contributed by atoms with van der Waals surface area (Å²) in [5, 5.41) is 7.21. The molecular weight excluding hydrogens is 268 g/mol. The smallest absolute Gasteiger partial charge is 0.0918 e. The van der Waals surface area contributed by atoms with Gasteiger partial charge in [-0.25, -0.2) is 0 Å². The molecule has 0 saturated heterocycles. The number of rotatable bonds is 6. The fourth-order valence-electron chi connectivity index (χ4n) is 1.43. The maximum Gasteiger partial charge on any atom is 0.0918 e. The van der Waals surface area contributed by atoms with Crippen LogP contribution >= 0.6 is 15.9 Å². The zero-order valence-corrected chi connectivity index (χ0v) is 11.0. The highest BCUT2D eigenvalue weighted by molar-refractivity contribution is 9.10. The molecular formula is C11H17BrN4. The first-order valence-corrected chi connectivity index (χ1v) is 6.05. The number of pyridine rings is 1. The van der Waals surface area contributed by atoms with Crippen molar-refractivity contribution in [2.75, 3.05) is 13.1 Å². The van der Waals surface area contributed by atoms with Gasteiger partial charge in [-0.05, 0) is 34.1 Å². The van der Waals surface area contributed by atoms with Crippen molar-refractivity contribution < 1.29 is 0 Å². The first kappa shape index (κ1) is 13.1. The van der Waals surface area contributed by atoms with Crippen LogP contribution in [0.3, 0.4) is 0 Å². The molecule has 0 aliphatic carbocycles. The molecule has 88 valence electrons. The van der Waals surface area contributed by atoms with E-state index < -0.39 is 0 Å². The molecule has 1 aromatic heterocycles. The molecule has 0 fully saturated rings. The van der Waals surface area contributed by atoms with Gasteiger partial charge in [0.1, 0.15) is 0 Å². The fourth-order valence-corrected chi connectivity index (χ4v) is 1.84. The van der Waals surface area contributed by atoms with Gasteiger partial charge in [-0.1, -0.05) is 6.92 Å². The summed E-state index contributed by atoms with van der Waals surface area (Å²) in [5.41, 5.74) is 6.52. The summed E-state index contributed by atoms with van der Waals surface area (Å²) < 4.78 is 0.993. The summed E-state index contributed by atoms with van der Waals surface area (Å²) in [4.78, 5) is 6.37. The molecule has 0 aliphatic heterocycles. The monoisotopic (exact) mass is 284 g/mol. The number of halogens is 1. The molecule has 3 N–H and O–H groups in total. The summed E-state index contributed by atoms with van der Waals surface area (Å²) in [6, 6.07) is 2.06. The predicted octanol–water partition coefficient (Wildman–Crippen LogP) is 1.99. The van der Waals surface area contributed by atoms with E-state index in [4.69, 9.17) is 11.1 Å². The van der Waals surface area contributed by atoms with Gasteiger partial charge >= 0.3 is 0 Å². The van der Waals surface area contributed by atoms with E-state index in [1.54, 1.807) is 6.20 Å². The van der Waals surface area contributed by atoms with Crippen molar-refractivity contribution in [1.29, 1.82) is 5.41 Å². The molecule has 4 nitrogen and oxygen atoms in total. The summed E-state index contributed by atoms with van der Waals surface area (Å²) >= 11 is 3.40. The zero-order chi connectivity index (χ0) is 12.0. The maximum absolute atomic E-state index is 7.21. The Labute approximate surface area is 104 Å². The second-order valence-corrected chi connectivity index (χ2v) is 4.57. The summed E-state index contributed by atoms with van der Waals surface area (Å²) in [5.74, 6) is 0.241. The molecule has 16 heavy (non-hydrogen) atoms. The molecule has 0 atom stereocenters. The van der Waals surface area contributed by atoms with E-state index >= 15 is 0 Å². The van der Waals surface area contributed by atoms with E-state index in [1.807, 2.05) is 6.20 Å². The molecule has 0 amide bonds. The molecule has 5 heteroatoms. The van der Waals surface area contributed by atoms with Gasteiger partial charge in [0, 0.05) is 36.4 Å². The first-order valence-electron chi connectivity index (χ1n) is 5.26. The molecule has 0 spiro atoms. The molecule has 0 saturated carbocycles. The van der Waals surface area contributed by atoms with Crippen LogP contribution in [0.5, 0.6) is 0 Å². The number of hydrogen-bond donors (Lipinski definition) is 2. The Morgan fingerprint density at radius 1 is 1.56 bits per heavy atom. The second-order valence-electron chi connectivity index (χ2n) is 3.66. The summed E-state index contributed by atoms with van der Waals surface area (Å²) in [6.07, 6.45) is 4.26. The minimum Gasteiger partial charge on any atom is -0.388 e. The quantitative estimate of drug-likeness (QED) is 0.620. The van der Waals surface area contributed by atoms with Crippen LogP contribution in [0.4, 0.5) is 0 Å². The van der Waals surface area contributed by atoms with Gasteiger partial charge in [0.25, 0.3) is 0 Å². The minimum atomic E-state index is 0.241. The van der Waals surface area contributed by atoms with Crippen molar-refractivity contribution in [3.8, 4) is 0 Å². The lowest BCUT2D eigenvalue weighted by atomic mass is 10.2. The third kappa shape index (κ3) is 4.72. The Morgan fingerprint density at radius 3 is 2.88 bits per heavy atom. The second kappa shape index (κ2) is 6.60. The lowest BCUT2D eigenvalue weighted by Gasteiger charge is -2.19. The van der Waals surface area contributed by atoms with Gasteiger partial charge in [0.15, 0.2) is 0 Å². The van der Waals surface area contributed by atoms with Gasteiger partial charge in [-0.2, -0.15) is 0 Å². The molecule has 0 aliphatic rings. The average molecular weight is 285 g/mol. The number of amidine groups is 1. The number of nitrogens with zero attached hydrogens (tertiary/aromatic N) is 2. The number of nitrogens with one attached hydrogen (secondary N) is 1. The van der Waals surface area contributed by atoms with Crippen molar-refractivity contribution in [1.82, 2.24) is 9.88 Å².